The van der Waals surface area contributed by atoms with E-state index in [1.807, 2.05) is 12.1 Å². The second kappa shape index (κ2) is 5.47. The third-order valence-electron chi connectivity index (χ3n) is 3.55. The van der Waals surface area contributed by atoms with Crippen molar-refractivity contribution in [3.63, 3.8) is 0 Å². The van der Waals surface area contributed by atoms with Gasteiger partial charge in [0.1, 0.15) is 10.8 Å². The van der Waals surface area contributed by atoms with Gasteiger partial charge in [0, 0.05) is 12.0 Å². The van der Waals surface area contributed by atoms with Gasteiger partial charge in [-0.05, 0) is 25.0 Å². The highest BCUT2D eigenvalue weighted by atomic mass is 35.5. The highest BCUT2D eigenvalue weighted by Gasteiger charge is 2.33. The highest BCUT2D eigenvalue weighted by molar-refractivity contribution is 6.42. The number of hydrogen-bond donors (Lipinski definition) is 1. The Kier molecular flexibility index (Phi) is 4.18. The van der Waals surface area contributed by atoms with Crippen molar-refractivity contribution in [1.29, 1.82) is 0 Å². The molecule has 1 aliphatic rings. The van der Waals surface area contributed by atoms with Crippen molar-refractivity contribution >= 4 is 23.2 Å². The summed E-state index contributed by atoms with van der Waals surface area (Å²) in [5.41, 5.74) is 5.99. The molecule has 0 saturated heterocycles. The monoisotopic (exact) mass is 273 g/mol. The summed E-state index contributed by atoms with van der Waals surface area (Å²) < 4.78 is 5.80. The third-order valence-corrected chi connectivity index (χ3v) is 4.35. The highest BCUT2D eigenvalue weighted by Crippen LogP contribution is 2.39. The molecule has 0 spiro atoms. The van der Waals surface area contributed by atoms with Gasteiger partial charge in [0.2, 0.25) is 0 Å². The summed E-state index contributed by atoms with van der Waals surface area (Å²) in [6.45, 7) is 1.30. The van der Waals surface area contributed by atoms with Crippen molar-refractivity contribution < 1.29 is 4.74 Å². The van der Waals surface area contributed by atoms with E-state index in [-0.39, 0.29) is 5.41 Å². The van der Waals surface area contributed by atoms with E-state index in [1.165, 1.54) is 12.8 Å². The van der Waals surface area contributed by atoms with E-state index in [0.717, 1.165) is 12.8 Å². The van der Waals surface area contributed by atoms with E-state index in [4.69, 9.17) is 33.7 Å². The van der Waals surface area contributed by atoms with Crippen molar-refractivity contribution in [2.75, 3.05) is 13.2 Å². The molecule has 17 heavy (non-hydrogen) atoms. The minimum atomic E-state index is 0.131. The minimum Gasteiger partial charge on any atom is -0.491 e. The molecule has 1 aromatic carbocycles. The first-order valence-corrected chi connectivity index (χ1v) is 6.69. The lowest BCUT2D eigenvalue weighted by Crippen LogP contribution is -2.33. The molecular weight excluding hydrogens is 257 g/mol. The smallest absolute Gasteiger partial charge is 0.139 e. The molecule has 1 aliphatic carbocycles. The Morgan fingerprint density at radius 1 is 1.24 bits per heavy atom. The standard InChI is InChI=1S/C13H17Cl2NO/c14-10-4-3-5-11(12(10)15)17-9-13(8-16)6-1-2-7-13/h3-5H,1-2,6-9,16H2. The Morgan fingerprint density at radius 3 is 2.59 bits per heavy atom. The summed E-state index contributed by atoms with van der Waals surface area (Å²) >= 11 is 12.0. The number of halogens is 2. The number of nitrogens with two attached hydrogens (primary N) is 1. The Labute approximate surface area is 112 Å². The van der Waals surface area contributed by atoms with Crippen LogP contribution in [-0.2, 0) is 0 Å². The van der Waals surface area contributed by atoms with Crippen molar-refractivity contribution in [2.24, 2.45) is 11.1 Å². The maximum Gasteiger partial charge on any atom is 0.139 e. The minimum absolute atomic E-state index is 0.131. The summed E-state index contributed by atoms with van der Waals surface area (Å²) in [7, 11) is 0. The predicted molar refractivity (Wildman–Crippen MR) is 71.9 cm³/mol. The Morgan fingerprint density at radius 2 is 1.94 bits per heavy atom. The number of rotatable bonds is 4. The Bertz CT molecular complexity index is 389. The summed E-state index contributed by atoms with van der Waals surface area (Å²) in [5.74, 6) is 0.652. The van der Waals surface area contributed by atoms with Gasteiger partial charge in [-0.3, -0.25) is 0 Å². The molecule has 0 unspecified atom stereocenters. The van der Waals surface area contributed by atoms with E-state index < -0.39 is 0 Å². The van der Waals surface area contributed by atoms with Gasteiger partial charge in [0.05, 0.1) is 11.6 Å². The van der Waals surface area contributed by atoms with Gasteiger partial charge in [-0.25, -0.2) is 0 Å². The molecule has 0 aliphatic heterocycles. The molecule has 4 heteroatoms. The molecular formula is C13H17Cl2NO. The average molecular weight is 274 g/mol. The van der Waals surface area contributed by atoms with Crippen LogP contribution >= 0.6 is 23.2 Å². The maximum absolute atomic E-state index is 6.08. The van der Waals surface area contributed by atoms with E-state index >= 15 is 0 Å². The third kappa shape index (κ3) is 2.87. The van der Waals surface area contributed by atoms with E-state index in [0.29, 0.717) is 28.9 Å². The molecule has 1 fully saturated rings. The molecule has 1 saturated carbocycles. The number of hydrogen-bond acceptors (Lipinski definition) is 2. The average Bonchev–Trinajstić information content (AvgIpc) is 2.81. The van der Waals surface area contributed by atoms with Crippen LogP contribution in [0.1, 0.15) is 25.7 Å². The Balaban J connectivity index is 2.04. The van der Waals surface area contributed by atoms with Crippen LogP contribution in [0.4, 0.5) is 0 Å². The quantitative estimate of drug-likeness (QED) is 0.904. The summed E-state index contributed by atoms with van der Waals surface area (Å²) in [6, 6.07) is 5.44. The molecule has 0 aromatic heterocycles. The summed E-state index contributed by atoms with van der Waals surface area (Å²) in [4.78, 5) is 0. The van der Waals surface area contributed by atoms with Gasteiger partial charge in [-0.1, -0.05) is 42.1 Å². The first-order valence-electron chi connectivity index (χ1n) is 5.94. The van der Waals surface area contributed by atoms with Crippen LogP contribution < -0.4 is 10.5 Å². The zero-order valence-electron chi connectivity index (χ0n) is 9.72. The second-order valence-electron chi connectivity index (χ2n) is 4.75. The molecule has 0 bridgehead atoms. The second-order valence-corrected chi connectivity index (χ2v) is 5.54. The molecule has 2 nitrogen and oxygen atoms in total. The fourth-order valence-electron chi connectivity index (χ4n) is 2.36. The zero-order chi connectivity index (χ0) is 12.3. The van der Waals surface area contributed by atoms with Crippen LogP contribution in [0.25, 0.3) is 0 Å². The summed E-state index contributed by atoms with van der Waals surface area (Å²) in [5, 5.41) is 1.01. The summed E-state index contributed by atoms with van der Waals surface area (Å²) in [6.07, 6.45) is 4.76. The lowest BCUT2D eigenvalue weighted by molar-refractivity contribution is 0.157. The molecule has 2 N–H and O–H groups in total. The molecule has 94 valence electrons. The zero-order valence-corrected chi connectivity index (χ0v) is 11.2. The van der Waals surface area contributed by atoms with Crippen molar-refractivity contribution in [3.8, 4) is 5.75 Å². The molecule has 2 rings (SSSR count). The van der Waals surface area contributed by atoms with Crippen LogP contribution in [0.15, 0.2) is 18.2 Å². The normalized spacial score (nSPS) is 18.3. The van der Waals surface area contributed by atoms with Gasteiger partial charge < -0.3 is 10.5 Å². The van der Waals surface area contributed by atoms with Crippen LogP contribution in [-0.4, -0.2) is 13.2 Å². The van der Waals surface area contributed by atoms with Crippen LogP contribution in [0.2, 0.25) is 10.0 Å². The van der Waals surface area contributed by atoms with E-state index in [9.17, 15) is 0 Å². The lowest BCUT2D eigenvalue weighted by atomic mass is 9.87. The van der Waals surface area contributed by atoms with Crippen LogP contribution in [0.3, 0.4) is 0 Å². The van der Waals surface area contributed by atoms with Crippen molar-refractivity contribution in [1.82, 2.24) is 0 Å². The fourth-order valence-corrected chi connectivity index (χ4v) is 2.71. The largest absolute Gasteiger partial charge is 0.491 e. The molecule has 0 atom stereocenters. The van der Waals surface area contributed by atoms with Gasteiger partial charge >= 0.3 is 0 Å². The Hall–Kier alpha value is -0.440. The number of benzene rings is 1. The van der Waals surface area contributed by atoms with Gasteiger partial charge in [0.25, 0.3) is 0 Å². The van der Waals surface area contributed by atoms with Crippen molar-refractivity contribution in [2.45, 2.75) is 25.7 Å². The number of ether oxygens (including phenoxy) is 1. The SMILES string of the molecule is NCC1(COc2cccc(Cl)c2Cl)CCCC1. The van der Waals surface area contributed by atoms with Gasteiger partial charge in [-0.2, -0.15) is 0 Å². The lowest BCUT2D eigenvalue weighted by Gasteiger charge is -2.27. The van der Waals surface area contributed by atoms with Crippen molar-refractivity contribution in [3.05, 3.63) is 28.2 Å². The van der Waals surface area contributed by atoms with Gasteiger partial charge in [0.15, 0.2) is 0 Å². The molecule has 0 amide bonds. The first kappa shape index (κ1) is 13.0. The van der Waals surface area contributed by atoms with E-state index in [1.54, 1.807) is 6.07 Å². The predicted octanol–water partition coefficient (Wildman–Crippen LogP) is 3.89. The van der Waals surface area contributed by atoms with Crippen LogP contribution in [0, 0.1) is 5.41 Å². The fraction of sp³-hybridized carbons (Fsp3) is 0.538. The maximum atomic E-state index is 6.08. The van der Waals surface area contributed by atoms with E-state index in [2.05, 4.69) is 0 Å². The first-order chi connectivity index (χ1) is 8.17. The molecule has 1 aromatic rings. The molecule has 0 radical (unpaired) electrons. The van der Waals surface area contributed by atoms with Crippen LogP contribution in [0.5, 0.6) is 5.75 Å². The molecule has 0 heterocycles. The van der Waals surface area contributed by atoms with Gasteiger partial charge in [-0.15, -0.1) is 0 Å². The topological polar surface area (TPSA) is 35.2 Å².